The molecule has 0 spiro atoms. The van der Waals surface area contributed by atoms with Gasteiger partial charge >= 0.3 is 0 Å². The summed E-state index contributed by atoms with van der Waals surface area (Å²) in [6.07, 6.45) is 1.68. The molecule has 3 unspecified atom stereocenters. The standard InChI is InChI=1S/C10H20BrNO/c1-8-4-5-12(10(8)6-11)7-9(2)13-3/h8-10H,4-7H2,1-3H3. The third-order valence-electron chi connectivity index (χ3n) is 3.05. The van der Waals surface area contributed by atoms with E-state index in [9.17, 15) is 0 Å². The van der Waals surface area contributed by atoms with Gasteiger partial charge in [0.1, 0.15) is 0 Å². The van der Waals surface area contributed by atoms with E-state index in [4.69, 9.17) is 4.74 Å². The molecule has 0 amide bonds. The zero-order valence-electron chi connectivity index (χ0n) is 8.79. The van der Waals surface area contributed by atoms with Crippen molar-refractivity contribution in [3.63, 3.8) is 0 Å². The predicted octanol–water partition coefficient (Wildman–Crippen LogP) is 2.13. The molecule has 1 aliphatic rings. The van der Waals surface area contributed by atoms with Crippen LogP contribution in [0.1, 0.15) is 20.3 Å². The monoisotopic (exact) mass is 249 g/mol. The van der Waals surface area contributed by atoms with Crippen molar-refractivity contribution in [2.24, 2.45) is 5.92 Å². The summed E-state index contributed by atoms with van der Waals surface area (Å²) < 4.78 is 5.28. The van der Waals surface area contributed by atoms with Gasteiger partial charge in [-0.15, -0.1) is 0 Å². The lowest BCUT2D eigenvalue weighted by molar-refractivity contribution is 0.0731. The second kappa shape index (κ2) is 5.32. The van der Waals surface area contributed by atoms with Gasteiger partial charge in [-0.3, -0.25) is 4.90 Å². The number of alkyl halides is 1. The predicted molar refractivity (Wildman–Crippen MR) is 59.4 cm³/mol. The molecular formula is C10H20BrNO. The van der Waals surface area contributed by atoms with Gasteiger partial charge in [0.25, 0.3) is 0 Å². The first-order chi connectivity index (χ1) is 6.19. The van der Waals surface area contributed by atoms with Gasteiger partial charge in [-0.2, -0.15) is 0 Å². The fourth-order valence-electron chi connectivity index (χ4n) is 1.97. The van der Waals surface area contributed by atoms with Crippen molar-refractivity contribution in [2.75, 3.05) is 25.5 Å². The fraction of sp³-hybridized carbons (Fsp3) is 1.00. The molecule has 3 heteroatoms. The fourth-order valence-corrected chi connectivity index (χ4v) is 3.02. The number of methoxy groups -OCH3 is 1. The quantitative estimate of drug-likeness (QED) is 0.709. The molecule has 1 fully saturated rings. The van der Waals surface area contributed by atoms with Crippen LogP contribution in [0, 0.1) is 5.92 Å². The molecule has 78 valence electrons. The van der Waals surface area contributed by atoms with E-state index >= 15 is 0 Å². The van der Waals surface area contributed by atoms with Crippen LogP contribution in [0.15, 0.2) is 0 Å². The largest absolute Gasteiger partial charge is 0.380 e. The Hall–Kier alpha value is 0.400. The van der Waals surface area contributed by atoms with E-state index in [1.807, 2.05) is 0 Å². The van der Waals surface area contributed by atoms with Crippen LogP contribution in [-0.2, 0) is 4.74 Å². The van der Waals surface area contributed by atoms with Gasteiger partial charge in [-0.05, 0) is 25.8 Å². The van der Waals surface area contributed by atoms with E-state index in [1.54, 1.807) is 7.11 Å². The highest BCUT2D eigenvalue weighted by Gasteiger charge is 2.30. The second-order valence-corrected chi connectivity index (χ2v) is 4.68. The summed E-state index contributed by atoms with van der Waals surface area (Å²) in [5.41, 5.74) is 0. The van der Waals surface area contributed by atoms with Crippen LogP contribution in [0.3, 0.4) is 0 Å². The number of ether oxygens (including phenoxy) is 1. The normalized spacial score (nSPS) is 32.3. The summed E-state index contributed by atoms with van der Waals surface area (Å²) in [5, 5.41) is 1.09. The Balaban J connectivity index is 2.41. The number of rotatable bonds is 4. The van der Waals surface area contributed by atoms with Gasteiger partial charge < -0.3 is 4.74 Å². The highest BCUT2D eigenvalue weighted by molar-refractivity contribution is 9.09. The minimum Gasteiger partial charge on any atom is -0.380 e. The molecule has 0 aromatic carbocycles. The van der Waals surface area contributed by atoms with Crippen LogP contribution in [0.4, 0.5) is 0 Å². The lowest BCUT2D eigenvalue weighted by Gasteiger charge is -2.27. The maximum absolute atomic E-state index is 5.28. The first kappa shape index (κ1) is 11.5. The average Bonchev–Trinajstić information content (AvgIpc) is 2.46. The SMILES string of the molecule is COC(C)CN1CCC(C)C1CBr. The molecule has 0 aromatic rings. The number of nitrogens with zero attached hydrogens (tertiary/aromatic N) is 1. The lowest BCUT2D eigenvalue weighted by atomic mass is 10.1. The van der Waals surface area contributed by atoms with Gasteiger partial charge in [-0.1, -0.05) is 22.9 Å². The smallest absolute Gasteiger partial charge is 0.0670 e. The molecule has 1 aliphatic heterocycles. The maximum atomic E-state index is 5.28. The Morgan fingerprint density at radius 2 is 2.31 bits per heavy atom. The molecule has 3 atom stereocenters. The number of halogens is 1. The van der Waals surface area contributed by atoms with Gasteiger partial charge in [0.2, 0.25) is 0 Å². The van der Waals surface area contributed by atoms with Crippen molar-refractivity contribution in [3.8, 4) is 0 Å². The maximum Gasteiger partial charge on any atom is 0.0670 e. The molecule has 1 saturated heterocycles. The Bertz CT molecular complexity index is 154. The van der Waals surface area contributed by atoms with E-state index in [-0.39, 0.29) is 0 Å². The molecule has 0 saturated carbocycles. The summed E-state index contributed by atoms with van der Waals surface area (Å²) in [6.45, 7) is 6.76. The van der Waals surface area contributed by atoms with Crippen molar-refractivity contribution in [1.29, 1.82) is 0 Å². The minimum absolute atomic E-state index is 0.354. The second-order valence-electron chi connectivity index (χ2n) is 4.03. The van der Waals surface area contributed by atoms with Gasteiger partial charge in [-0.25, -0.2) is 0 Å². The summed E-state index contributed by atoms with van der Waals surface area (Å²) in [6, 6.07) is 0.706. The molecule has 1 heterocycles. The van der Waals surface area contributed by atoms with E-state index in [2.05, 4.69) is 34.7 Å². The molecule has 0 N–H and O–H groups in total. The molecule has 0 aliphatic carbocycles. The Labute approximate surface area is 89.8 Å². The molecule has 0 aromatic heterocycles. The third-order valence-corrected chi connectivity index (χ3v) is 3.71. The van der Waals surface area contributed by atoms with Crippen LogP contribution in [0.25, 0.3) is 0 Å². The molecule has 0 bridgehead atoms. The van der Waals surface area contributed by atoms with Crippen LogP contribution >= 0.6 is 15.9 Å². The number of hydrogen-bond donors (Lipinski definition) is 0. The molecule has 2 nitrogen and oxygen atoms in total. The van der Waals surface area contributed by atoms with Crippen molar-refractivity contribution < 1.29 is 4.74 Å². The number of hydrogen-bond acceptors (Lipinski definition) is 2. The lowest BCUT2D eigenvalue weighted by Crippen LogP contribution is -2.38. The summed E-state index contributed by atoms with van der Waals surface area (Å²) in [5.74, 6) is 0.823. The van der Waals surface area contributed by atoms with Crippen molar-refractivity contribution in [2.45, 2.75) is 32.4 Å². The molecule has 0 radical (unpaired) electrons. The van der Waals surface area contributed by atoms with Crippen LogP contribution in [0.2, 0.25) is 0 Å². The van der Waals surface area contributed by atoms with Crippen molar-refractivity contribution in [1.82, 2.24) is 4.90 Å². The van der Waals surface area contributed by atoms with E-state index < -0.39 is 0 Å². The van der Waals surface area contributed by atoms with Gasteiger partial charge in [0.05, 0.1) is 6.10 Å². The van der Waals surface area contributed by atoms with E-state index in [0.717, 1.165) is 17.8 Å². The van der Waals surface area contributed by atoms with Gasteiger partial charge in [0, 0.05) is 25.0 Å². The minimum atomic E-state index is 0.354. The van der Waals surface area contributed by atoms with E-state index in [1.165, 1.54) is 13.0 Å². The Morgan fingerprint density at radius 3 is 2.85 bits per heavy atom. The van der Waals surface area contributed by atoms with Crippen LogP contribution < -0.4 is 0 Å². The first-order valence-electron chi connectivity index (χ1n) is 5.01. The summed E-state index contributed by atoms with van der Waals surface area (Å²) in [4.78, 5) is 2.54. The van der Waals surface area contributed by atoms with Crippen LogP contribution in [0.5, 0.6) is 0 Å². The highest BCUT2D eigenvalue weighted by atomic mass is 79.9. The van der Waals surface area contributed by atoms with Crippen LogP contribution in [-0.4, -0.2) is 42.6 Å². The number of likely N-dealkylation sites (tertiary alicyclic amines) is 1. The van der Waals surface area contributed by atoms with Crippen molar-refractivity contribution in [3.05, 3.63) is 0 Å². The van der Waals surface area contributed by atoms with Crippen molar-refractivity contribution >= 4 is 15.9 Å². The summed E-state index contributed by atoms with van der Waals surface area (Å²) in [7, 11) is 1.79. The zero-order chi connectivity index (χ0) is 9.84. The topological polar surface area (TPSA) is 12.5 Å². The Kier molecular flexibility index (Phi) is 4.70. The first-order valence-corrected chi connectivity index (χ1v) is 6.14. The highest BCUT2D eigenvalue weighted by Crippen LogP contribution is 2.25. The Morgan fingerprint density at radius 1 is 1.62 bits per heavy atom. The van der Waals surface area contributed by atoms with E-state index in [0.29, 0.717) is 12.1 Å². The summed E-state index contributed by atoms with van der Waals surface area (Å²) >= 11 is 3.59. The molecule has 1 rings (SSSR count). The van der Waals surface area contributed by atoms with Gasteiger partial charge in [0.15, 0.2) is 0 Å². The zero-order valence-corrected chi connectivity index (χ0v) is 10.4. The molecule has 13 heavy (non-hydrogen) atoms. The average molecular weight is 250 g/mol. The molecular weight excluding hydrogens is 230 g/mol. The third kappa shape index (κ3) is 2.93.